The molecule has 0 bridgehead atoms. The smallest absolute Gasteiger partial charge is 0.333 e. The van der Waals surface area contributed by atoms with E-state index in [0.29, 0.717) is 25.7 Å². The fourth-order valence-electron chi connectivity index (χ4n) is 1.25. The minimum atomic E-state index is 0.290. The van der Waals surface area contributed by atoms with E-state index >= 15 is 0 Å². The Labute approximate surface area is 71.1 Å². The molecule has 0 aliphatic carbocycles. The highest BCUT2D eigenvalue weighted by atomic mass is 17.2. The second-order valence-electron chi connectivity index (χ2n) is 2.86. The lowest BCUT2D eigenvalue weighted by atomic mass is 9.77. The number of phenols is 1. The molecule has 1 atom stereocenters. The van der Waals surface area contributed by atoms with Crippen molar-refractivity contribution in [3.63, 3.8) is 0 Å². The molecule has 0 spiro atoms. The lowest BCUT2D eigenvalue weighted by Crippen LogP contribution is -2.03. The molecule has 2 rings (SSSR count). The second kappa shape index (κ2) is 3.17. The molecule has 1 heterocycles. The lowest BCUT2D eigenvalue weighted by molar-refractivity contribution is -0.183. The number of aromatic hydroxyl groups is 1. The molecule has 0 radical (unpaired) electrons. The van der Waals surface area contributed by atoms with Gasteiger partial charge in [0.1, 0.15) is 5.75 Å². The zero-order valence-electron chi connectivity index (χ0n) is 6.56. The Bertz CT molecular complexity index is 254. The molecular weight excluding hydrogens is 155 g/mol. The van der Waals surface area contributed by atoms with Gasteiger partial charge in [-0.05, 0) is 17.7 Å². The van der Waals surface area contributed by atoms with Gasteiger partial charge < -0.3 is 9.91 Å². The summed E-state index contributed by atoms with van der Waals surface area (Å²) in [5.74, 6) is 0.601. The topological polar surface area (TPSA) is 38.7 Å². The van der Waals surface area contributed by atoms with Crippen LogP contribution < -0.4 is 0 Å². The van der Waals surface area contributed by atoms with E-state index in [2.05, 4.69) is 0 Å². The van der Waals surface area contributed by atoms with Crippen molar-refractivity contribution in [2.45, 2.75) is 5.82 Å². The first kappa shape index (κ1) is 7.64. The Balaban J connectivity index is 2.17. The van der Waals surface area contributed by atoms with Crippen molar-refractivity contribution in [3.8, 4) is 5.75 Å². The standard InChI is InChI=1S/C8H9BO3/c10-7-3-1-6(2-4-7)8-5-11-12-9-8/h1-4,8-10H,5H2. The number of benzene rings is 1. The van der Waals surface area contributed by atoms with Crippen LogP contribution in [0.4, 0.5) is 0 Å². The van der Waals surface area contributed by atoms with Crippen LogP contribution in [-0.2, 0) is 9.69 Å². The Kier molecular flexibility index (Phi) is 2.02. The van der Waals surface area contributed by atoms with Crippen LogP contribution in [0.3, 0.4) is 0 Å². The average Bonchev–Trinajstić information content (AvgIpc) is 2.58. The van der Waals surface area contributed by atoms with Crippen LogP contribution >= 0.6 is 0 Å². The summed E-state index contributed by atoms with van der Waals surface area (Å²) in [6.45, 7) is 0.602. The van der Waals surface area contributed by atoms with Gasteiger partial charge in [0.2, 0.25) is 0 Å². The van der Waals surface area contributed by atoms with Gasteiger partial charge >= 0.3 is 7.48 Å². The predicted molar refractivity (Wildman–Crippen MR) is 45.0 cm³/mol. The van der Waals surface area contributed by atoms with Crippen LogP contribution in [0, 0.1) is 0 Å². The molecule has 4 heteroatoms. The first-order valence-corrected chi connectivity index (χ1v) is 3.89. The summed E-state index contributed by atoms with van der Waals surface area (Å²) in [6.07, 6.45) is 0. The van der Waals surface area contributed by atoms with Crippen molar-refractivity contribution >= 4 is 7.48 Å². The summed E-state index contributed by atoms with van der Waals surface area (Å²) in [5.41, 5.74) is 1.14. The van der Waals surface area contributed by atoms with Crippen LogP contribution in [0.1, 0.15) is 11.4 Å². The largest absolute Gasteiger partial charge is 0.508 e. The maximum atomic E-state index is 9.04. The molecule has 0 saturated carbocycles. The SMILES string of the molecule is Oc1ccc(C2BOOC2)cc1. The first-order chi connectivity index (χ1) is 5.86. The zero-order valence-corrected chi connectivity index (χ0v) is 6.56. The predicted octanol–water partition coefficient (Wildman–Crippen LogP) is 0.747. The first-order valence-electron chi connectivity index (χ1n) is 3.89. The third-order valence-electron chi connectivity index (χ3n) is 1.99. The Hall–Kier alpha value is -0.995. The molecule has 0 aromatic heterocycles. The summed E-state index contributed by atoms with van der Waals surface area (Å²) in [4.78, 5) is 9.56. The van der Waals surface area contributed by atoms with Gasteiger partial charge in [-0.2, -0.15) is 0 Å². The van der Waals surface area contributed by atoms with E-state index in [-0.39, 0.29) is 0 Å². The molecule has 1 aliphatic heterocycles. The van der Waals surface area contributed by atoms with Crippen LogP contribution in [-0.4, -0.2) is 19.2 Å². The van der Waals surface area contributed by atoms with Gasteiger partial charge in [0.05, 0.1) is 6.61 Å². The van der Waals surface area contributed by atoms with Crippen LogP contribution in [0.15, 0.2) is 24.3 Å². The third kappa shape index (κ3) is 1.44. The average molecular weight is 164 g/mol. The number of phenolic OH excluding ortho intramolecular Hbond substituents is 1. The van der Waals surface area contributed by atoms with Gasteiger partial charge in [-0.1, -0.05) is 12.1 Å². The van der Waals surface area contributed by atoms with Gasteiger partial charge in [-0.15, -0.1) is 0 Å². The van der Waals surface area contributed by atoms with Crippen molar-refractivity contribution < 1.29 is 14.8 Å². The van der Waals surface area contributed by atoms with Gasteiger partial charge in [0, 0.05) is 5.82 Å². The van der Waals surface area contributed by atoms with E-state index in [1.54, 1.807) is 12.1 Å². The highest BCUT2D eigenvalue weighted by molar-refractivity contribution is 6.30. The molecule has 62 valence electrons. The molecule has 3 nitrogen and oxygen atoms in total. The minimum Gasteiger partial charge on any atom is -0.508 e. The monoisotopic (exact) mass is 164 g/mol. The molecule has 0 amide bonds. The summed E-state index contributed by atoms with van der Waals surface area (Å²) >= 11 is 0. The van der Waals surface area contributed by atoms with E-state index in [9.17, 15) is 0 Å². The van der Waals surface area contributed by atoms with Gasteiger partial charge in [-0.3, -0.25) is 4.89 Å². The Morgan fingerprint density at radius 1 is 1.33 bits per heavy atom. The second-order valence-corrected chi connectivity index (χ2v) is 2.86. The van der Waals surface area contributed by atoms with Gasteiger partial charge in [-0.25, -0.2) is 0 Å². The Morgan fingerprint density at radius 2 is 2.08 bits per heavy atom. The molecule has 1 aliphatic rings. The minimum absolute atomic E-state index is 0.290. The number of hydrogen-bond donors (Lipinski definition) is 1. The summed E-state index contributed by atoms with van der Waals surface area (Å²) < 4.78 is 0. The molecule has 1 fully saturated rings. The number of hydrogen-bond acceptors (Lipinski definition) is 3. The van der Waals surface area contributed by atoms with E-state index in [1.807, 2.05) is 12.1 Å². The van der Waals surface area contributed by atoms with Gasteiger partial charge in [0.25, 0.3) is 0 Å². The fourth-order valence-corrected chi connectivity index (χ4v) is 1.25. The van der Waals surface area contributed by atoms with Crippen LogP contribution in [0.25, 0.3) is 0 Å². The maximum Gasteiger partial charge on any atom is 0.333 e. The lowest BCUT2D eigenvalue weighted by Gasteiger charge is -2.03. The fraction of sp³-hybridized carbons (Fsp3) is 0.250. The number of rotatable bonds is 1. The molecule has 1 N–H and O–H groups in total. The maximum absolute atomic E-state index is 9.04. The van der Waals surface area contributed by atoms with Crippen molar-refractivity contribution in [1.29, 1.82) is 0 Å². The molecule has 1 aromatic rings. The highest BCUT2D eigenvalue weighted by Gasteiger charge is 2.21. The third-order valence-corrected chi connectivity index (χ3v) is 1.99. The van der Waals surface area contributed by atoms with E-state index in [4.69, 9.17) is 14.8 Å². The van der Waals surface area contributed by atoms with Crippen molar-refractivity contribution in [3.05, 3.63) is 29.8 Å². The summed E-state index contributed by atoms with van der Waals surface area (Å²) in [5, 5.41) is 9.04. The zero-order chi connectivity index (χ0) is 8.39. The molecule has 1 saturated heterocycles. The molecule has 12 heavy (non-hydrogen) atoms. The van der Waals surface area contributed by atoms with E-state index in [0.717, 1.165) is 5.56 Å². The molecule has 1 aromatic carbocycles. The molecular formula is C8H9BO3. The Morgan fingerprint density at radius 3 is 2.67 bits per heavy atom. The molecule has 1 unspecified atom stereocenters. The van der Waals surface area contributed by atoms with Crippen molar-refractivity contribution in [2.24, 2.45) is 0 Å². The van der Waals surface area contributed by atoms with E-state index in [1.165, 1.54) is 0 Å². The van der Waals surface area contributed by atoms with E-state index < -0.39 is 0 Å². The van der Waals surface area contributed by atoms with Crippen molar-refractivity contribution in [2.75, 3.05) is 6.61 Å². The van der Waals surface area contributed by atoms with Crippen LogP contribution in [0.5, 0.6) is 5.75 Å². The normalized spacial score (nSPS) is 22.2. The summed E-state index contributed by atoms with van der Waals surface area (Å²) in [6, 6.07) is 7.12. The van der Waals surface area contributed by atoms with Crippen molar-refractivity contribution in [1.82, 2.24) is 0 Å². The summed E-state index contributed by atoms with van der Waals surface area (Å²) in [7, 11) is 0.602. The quantitative estimate of drug-likeness (QED) is 0.491. The highest BCUT2D eigenvalue weighted by Crippen LogP contribution is 2.21. The van der Waals surface area contributed by atoms with Gasteiger partial charge in [0.15, 0.2) is 0 Å². The van der Waals surface area contributed by atoms with Crippen LogP contribution in [0.2, 0.25) is 0 Å².